The Labute approximate surface area is 187 Å². The van der Waals surface area contributed by atoms with Gasteiger partial charge in [0.15, 0.2) is 0 Å². The zero-order valence-corrected chi connectivity index (χ0v) is 19.1. The highest BCUT2D eigenvalue weighted by molar-refractivity contribution is 6.31. The maximum atomic E-state index is 13.6. The molecule has 0 saturated heterocycles. The van der Waals surface area contributed by atoms with Gasteiger partial charge in [-0.25, -0.2) is 4.79 Å². The van der Waals surface area contributed by atoms with Crippen molar-refractivity contribution < 1.29 is 14.3 Å². The number of halogens is 2. The number of amides is 2. The molecule has 0 N–H and O–H groups in total. The number of carbonyl (C=O) groups is 2. The molecule has 2 aromatic rings. The number of carbonyl (C=O) groups excluding carboxylic acids is 2. The van der Waals surface area contributed by atoms with E-state index in [1.807, 2.05) is 36.4 Å². The highest BCUT2D eigenvalue weighted by Crippen LogP contribution is 2.41. The molecule has 5 nitrogen and oxygen atoms in total. The van der Waals surface area contributed by atoms with Crippen LogP contribution in [-0.4, -0.2) is 43.6 Å². The van der Waals surface area contributed by atoms with Crippen LogP contribution < -0.4 is 4.90 Å². The average molecular weight is 449 g/mol. The van der Waals surface area contributed by atoms with E-state index >= 15 is 0 Å². The van der Waals surface area contributed by atoms with Gasteiger partial charge >= 0.3 is 12.0 Å². The van der Waals surface area contributed by atoms with Gasteiger partial charge in [0.25, 0.3) is 0 Å². The van der Waals surface area contributed by atoms with Crippen LogP contribution in [0.3, 0.4) is 0 Å². The smallest absolute Gasteiger partial charge is 0.325 e. The lowest BCUT2D eigenvalue weighted by Gasteiger charge is -2.32. The molecule has 7 heteroatoms. The predicted molar refractivity (Wildman–Crippen MR) is 121 cm³/mol. The first-order valence-electron chi connectivity index (χ1n) is 9.78. The number of anilines is 1. The SMILES string of the molecule is COC(=O)CN1CC(c2ccccc2Cl)c2cc(Cl)ccc2N(CC(C)(C)C)C1=O. The van der Waals surface area contributed by atoms with Crippen LogP contribution in [0.15, 0.2) is 42.5 Å². The minimum atomic E-state index is -0.471. The van der Waals surface area contributed by atoms with Gasteiger partial charge in [-0.1, -0.05) is 62.2 Å². The average Bonchev–Trinajstić information content (AvgIpc) is 2.77. The highest BCUT2D eigenvalue weighted by atomic mass is 35.5. The number of benzene rings is 2. The number of fused-ring (bicyclic) bond motifs is 1. The van der Waals surface area contributed by atoms with Crippen LogP contribution in [0.5, 0.6) is 0 Å². The summed E-state index contributed by atoms with van der Waals surface area (Å²) >= 11 is 12.9. The van der Waals surface area contributed by atoms with Crippen LogP contribution in [0.1, 0.15) is 37.8 Å². The van der Waals surface area contributed by atoms with E-state index in [2.05, 4.69) is 20.8 Å². The Balaban J connectivity index is 2.20. The lowest BCUT2D eigenvalue weighted by atomic mass is 9.89. The fourth-order valence-electron chi connectivity index (χ4n) is 3.72. The third-order valence-electron chi connectivity index (χ3n) is 5.02. The van der Waals surface area contributed by atoms with E-state index < -0.39 is 5.97 Å². The standard InChI is InChI=1S/C23H26Cl2N2O3/c1-23(2,3)14-27-20-10-9-15(24)11-17(20)18(16-7-5-6-8-19(16)25)12-26(22(27)29)13-21(28)30-4/h5-11,18H,12-14H2,1-4H3. The molecule has 0 radical (unpaired) electrons. The lowest BCUT2D eigenvalue weighted by Crippen LogP contribution is -2.48. The largest absolute Gasteiger partial charge is 0.468 e. The van der Waals surface area contributed by atoms with Crippen LogP contribution in [0.25, 0.3) is 0 Å². The molecule has 3 rings (SSSR count). The zero-order valence-electron chi connectivity index (χ0n) is 17.6. The maximum Gasteiger partial charge on any atom is 0.325 e. The van der Waals surface area contributed by atoms with Crippen molar-refractivity contribution in [2.45, 2.75) is 26.7 Å². The fraction of sp³-hybridized carbons (Fsp3) is 0.391. The van der Waals surface area contributed by atoms with Gasteiger partial charge in [-0.05, 0) is 40.8 Å². The Morgan fingerprint density at radius 2 is 1.83 bits per heavy atom. The molecule has 30 heavy (non-hydrogen) atoms. The molecule has 0 spiro atoms. The van der Waals surface area contributed by atoms with Gasteiger partial charge in [-0.15, -0.1) is 0 Å². The van der Waals surface area contributed by atoms with E-state index in [-0.39, 0.29) is 30.5 Å². The van der Waals surface area contributed by atoms with Crippen molar-refractivity contribution in [3.8, 4) is 0 Å². The number of esters is 1. The quantitative estimate of drug-likeness (QED) is 0.572. The van der Waals surface area contributed by atoms with Crippen LogP contribution in [0, 0.1) is 5.41 Å². The number of rotatable bonds is 4. The number of methoxy groups -OCH3 is 1. The Morgan fingerprint density at radius 3 is 2.47 bits per heavy atom. The van der Waals surface area contributed by atoms with Gasteiger partial charge in [0.05, 0.1) is 7.11 Å². The van der Waals surface area contributed by atoms with Crippen molar-refractivity contribution in [3.05, 3.63) is 63.6 Å². The van der Waals surface area contributed by atoms with Crippen molar-refractivity contribution in [1.29, 1.82) is 0 Å². The molecule has 160 valence electrons. The van der Waals surface area contributed by atoms with Crippen molar-refractivity contribution >= 4 is 40.9 Å². The summed E-state index contributed by atoms with van der Waals surface area (Å²) in [6, 6.07) is 12.8. The highest BCUT2D eigenvalue weighted by Gasteiger charge is 2.37. The van der Waals surface area contributed by atoms with Gasteiger partial charge < -0.3 is 9.64 Å². The lowest BCUT2D eigenvalue weighted by molar-refractivity contribution is -0.141. The fourth-order valence-corrected chi connectivity index (χ4v) is 4.17. The summed E-state index contributed by atoms with van der Waals surface area (Å²) in [5, 5.41) is 1.18. The Kier molecular flexibility index (Phi) is 6.63. The normalized spacial score (nSPS) is 16.9. The van der Waals surface area contributed by atoms with Crippen molar-refractivity contribution in [2.75, 3.05) is 31.6 Å². The number of hydrogen-bond acceptors (Lipinski definition) is 3. The van der Waals surface area contributed by atoms with Crippen molar-refractivity contribution in [1.82, 2.24) is 4.90 Å². The molecule has 0 aliphatic carbocycles. The first-order valence-corrected chi connectivity index (χ1v) is 10.5. The van der Waals surface area contributed by atoms with E-state index in [0.29, 0.717) is 16.6 Å². The summed E-state index contributed by atoms with van der Waals surface area (Å²) < 4.78 is 4.84. The summed E-state index contributed by atoms with van der Waals surface area (Å²) in [7, 11) is 1.32. The van der Waals surface area contributed by atoms with E-state index in [1.54, 1.807) is 11.0 Å². The van der Waals surface area contributed by atoms with Crippen molar-refractivity contribution in [2.24, 2.45) is 5.41 Å². The van der Waals surface area contributed by atoms with Gasteiger partial charge in [-0.2, -0.15) is 0 Å². The summed E-state index contributed by atoms with van der Waals surface area (Å²) in [4.78, 5) is 28.9. The monoisotopic (exact) mass is 448 g/mol. The molecule has 1 aliphatic heterocycles. The maximum absolute atomic E-state index is 13.6. The molecule has 1 unspecified atom stereocenters. The molecular formula is C23H26Cl2N2O3. The Bertz CT molecular complexity index is 956. The molecule has 0 saturated carbocycles. The second-order valence-electron chi connectivity index (χ2n) is 8.66. The first-order chi connectivity index (χ1) is 14.1. The van der Waals surface area contributed by atoms with Crippen molar-refractivity contribution in [3.63, 3.8) is 0 Å². The van der Waals surface area contributed by atoms with E-state index in [1.165, 1.54) is 12.0 Å². The minimum absolute atomic E-state index is 0.140. The molecule has 1 aliphatic rings. The van der Waals surface area contributed by atoms with Crippen LogP contribution in [0.2, 0.25) is 10.0 Å². The molecular weight excluding hydrogens is 423 g/mol. The third kappa shape index (κ3) is 4.90. The summed E-state index contributed by atoms with van der Waals surface area (Å²) in [6.45, 7) is 6.82. The zero-order chi connectivity index (χ0) is 22.1. The van der Waals surface area contributed by atoms with E-state index in [0.717, 1.165) is 16.8 Å². The third-order valence-corrected chi connectivity index (χ3v) is 5.60. The first kappa shape index (κ1) is 22.4. The number of ether oxygens (including phenoxy) is 1. The molecule has 0 fully saturated rings. The second-order valence-corrected chi connectivity index (χ2v) is 9.51. The molecule has 0 aromatic heterocycles. The summed E-state index contributed by atoms with van der Waals surface area (Å²) in [5.74, 6) is -0.716. The minimum Gasteiger partial charge on any atom is -0.468 e. The Hall–Kier alpha value is -2.24. The Morgan fingerprint density at radius 1 is 1.13 bits per heavy atom. The van der Waals surface area contributed by atoms with Gasteiger partial charge in [0, 0.05) is 34.7 Å². The molecule has 2 aromatic carbocycles. The summed E-state index contributed by atoms with van der Waals surface area (Å²) in [5.41, 5.74) is 2.40. The van der Waals surface area contributed by atoms with E-state index in [9.17, 15) is 9.59 Å². The van der Waals surface area contributed by atoms with Crippen LogP contribution >= 0.6 is 23.2 Å². The number of hydrogen-bond donors (Lipinski definition) is 0. The van der Waals surface area contributed by atoms with Gasteiger partial charge in [-0.3, -0.25) is 9.69 Å². The van der Waals surface area contributed by atoms with Gasteiger partial charge in [0.1, 0.15) is 6.54 Å². The second kappa shape index (κ2) is 8.86. The molecule has 2 amide bonds. The van der Waals surface area contributed by atoms with Gasteiger partial charge in [0.2, 0.25) is 0 Å². The van der Waals surface area contributed by atoms with Crippen LogP contribution in [-0.2, 0) is 9.53 Å². The number of urea groups is 1. The molecule has 1 atom stereocenters. The molecule has 0 bridgehead atoms. The predicted octanol–water partition coefficient (Wildman–Crippen LogP) is 5.59. The summed E-state index contributed by atoms with van der Waals surface area (Å²) in [6.07, 6.45) is 0. The number of nitrogens with zero attached hydrogens (tertiary/aromatic N) is 2. The van der Waals surface area contributed by atoms with E-state index in [4.69, 9.17) is 27.9 Å². The molecule has 1 heterocycles. The van der Waals surface area contributed by atoms with Crippen LogP contribution in [0.4, 0.5) is 10.5 Å². The topological polar surface area (TPSA) is 49.9 Å².